The average Bonchev–Trinajstić information content (AvgIpc) is 3.31. The zero-order valence-corrected chi connectivity index (χ0v) is 14.8. The third-order valence-corrected chi connectivity index (χ3v) is 6.11. The summed E-state index contributed by atoms with van der Waals surface area (Å²) in [6.07, 6.45) is 8.20. The molecule has 0 N–H and O–H groups in total. The van der Waals surface area contributed by atoms with Crippen LogP contribution < -0.4 is 0 Å². The molecule has 0 saturated carbocycles. The van der Waals surface area contributed by atoms with Crippen molar-refractivity contribution in [2.24, 2.45) is 0 Å². The lowest BCUT2D eigenvalue weighted by molar-refractivity contribution is -0.132. The quantitative estimate of drug-likeness (QED) is 0.854. The molecule has 2 aromatic heterocycles. The van der Waals surface area contributed by atoms with E-state index in [1.54, 1.807) is 11.3 Å². The van der Waals surface area contributed by atoms with Gasteiger partial charge >= 0.3 is 0 Å². The van der Waals surface area contributed by atoms with Crippen LogP contribution in [-0.2, 0) is 24.2 Å². The molecule has 1 saturated heterocycles. The van der Waals surface area contributed by atoms with Crippen LogP contribution in [0, 0.1) is 0 Å². The van der Waals surface area contributed by atoms with Crippen molar-refractivity contribution >= 4 is 17.2 Å². The third kappa shape index (κ3) is 3.11. The van der Waals surface area contributed by atoms with Crippen molar-refractivity contribution < 1.29 is 4.79 Å². The van der Waals surface area contributed by atoms with E-state index in [1.165, 1.54) is 24.1 Å². The number of aromatic nitrogens is 3. The average molecular weight is 344 g/mol. The van der Waals surface area contributed by atoms with E-state index in [-0.39, 0.29) is 11.9 Å². The maximum absolute atomic E-state index is 12.8. The van der Waals surface area contributed by atoms with Crippen molar-refractivity contribution in [2.75, 3.05) is 6.54 Å². The van der Waals surface area contributed by atoms with Gasteiger partial charge in [-0.05, 0) is 43.6 Å². The van der Waals surface area contributed by atoms with Gasteiger partial charge in [-0.2, -0.15) is 0 Å². The van der Waals surface area contributed by atoms with Crippen molar-refractivity contribution in [2.45, 2.75) is 64.0 Å². The number of thiophene rings is 1. The van der Waals surface area contributed by atoms with Crippen LogP contribution in [0.5, 0.6) is 0 Å². The maximum atomic E-state index is 12.8. The molecule has 6 heteroatoms. The molecule has 4 heterocycles. The van der Waals surface area contributed by atoms with Crippen LogP contribution in [0.15, 0.2) is 17.5 Å². The zero-order chi connectivity index (χ0) is 16.4. The van der Waals surface area contributed by atoms with Gasteiger partial charge in [-0.1, -0.05) is 12.5 Å². The van der Waals surface area contributed by atoms with E-state index in [4.69, 9.17) is 0 Å². The molecule has 0 spiro atoms. The first-order valence-electron chi connectivity index (χ1n) is 9.07. The van der Waals surface area contributed by atoms with E-state index in [0.29, 0.717) is 6.42 Å². The summed E-state index contributed by atoms with van der Waals surface area (Å²) in [6, 6.07) is 4.28. The molecule has 24 heavy (non-hydrogen) atoms. The van der Waals surface area contributed by atoms with Gasteiger partial charge < -0.3 is 9.47 Å². The van der Waals surface area contributed by atoms with Gasteiger partial charge in [-0.3, -0.25) is 4.79 Å². The molecule has 5 nitrogen and oxygen atoms in total. The highest BCUT2D eigenvalue weighted by Crippen LogP contribution is 2.33. The molecule has 2 aliphatic heterocycles. The molecule has 0 aromatic carbocycles. The highest BCUT2D eigenvalue weighted by atomic mass is 32.1. The summed E-state index contributed by atoms with van der Waals surface area (Å²) in [5.74, 6) is 2.39. The zero-order valence-electron chi connectivity index (χ0n) is 14.0. The minimum Gasteiger partial charge on any atom is -0.332 e. The Bertz CT molecular complexity index is 694. The summed E-state index contributed by atoms with van der Waals surface area (Å²) in [5.41, 5.74) is 0. The first kappa shape index (κ1) is 15.8. The molecule has 1 fully saturated rings. The number of carbonyl (C=O) groups excluding carboxylic acids is 1. The van der Waals surface area contributed by atoms with Crippen LogP contribution >= 0.6 is 11.3 Å². The fourth-order valence-corrected chi connectivity index (χ4v) is 4.63. The predicted octanol–water partition coefficient (Wildman–Crippen LogP) is 3.36. The van der Waals surface area contributed by atoms with E-state index in [1.807, 2.05) is 0 Å². The second kappa shape index (κ2) is 7.05. The molecular weight excluding hydrogens is 320 g/mol. The Balaban J connectivity index is 1.48. The summed E-state index contributed by atoms with van der Waals surface area (Å²) in [4.78, 5) is 16.1. The fourth-order valence-electron chi connectivity index (χ4n) is 3.92. The third-order valence-electron chi connectivity index (χ3n) is 5.17. The number of aryl methyl sites for hydroxylation is 2. The minimum atomic E-state index is 0.125. The minimum absolute atomic E-state index is 0.125. The standard InChI is InChI=1S/C18H24N4OS/c23-17(10-9-14-6-5-13-24-14)21-12-4-7-15(21)18-20-19-16-8-2-1-3-11-22(16)18/h5-6,13,15H,1-4,7-12H2/t15-/m1/s1. The predicted molar refractivity (Wildman–Crippen MR) is 93.9 cm³/mol. The summed E-state index contributed by atoms with van der Waals surface area (Å²) in [7, 11) is 0. The van der Waals surface area contributed by atoms with Gasteiger partial charge in [-0.25, -0.2) is 0 Å². The highest BCUT2D eigenvalue weighted by Gasteiger charge is 2.34. The Morgan fingerprint density at radius 3 is 3.04 bits per heavy atom. The Hall–Kier alpha value is -1.69. The molecule has 2 aromatic rings. The van der Waals surface area contributed by atoms with E-state index in [9.17, 15) is 4.79 Å². The molecule has 0 unspecified atom stereocenters. The van der Waals surface area contributed by atoms with Crippen LogP contribution in [0.4, 0.5) is 0 Å². The van der Waals surface area contributed by atoms with Crippen LogP contribution in [0.3, 0.4) is 0 Å². The van der Waals surface area contributed by atoms with Crippen LogP contribution in [-0.4, -0.2) is 32.1 Å². The van der Waals surface area contributed by atoms with Crippen molar-refractivity contribution in [3.05, 3.63) is 34.0 Å². The Morgan fingerprint density at radius 1 is 1.21 bits per heavy atom. The number of hydrogen-bond acceptors (Lipinski definition) is 4. The molecule has 4 rings (SSSR count). The lowest BCUT2D eigenvalue weighted by Crippen LogP contribution is -2.32. The Morgan fingerprint density at radius 2 is 2.17 bits per heavy atom. The van der Waals surface area contributed by atoms with E-state index in [2.05, 4.69) is 37.2 Å². The number of fused-ring (bicyclic) bond motifs is 1. The normalized spacial score (nSPS) is 20.8. The summed E-state index contributed by atoms with van der Waals surface area (Å²) in [6.45, 7) is 1.86. The van der Waals surface area contributed by atoms with Gasteiger partial charge in [0.2, 0.25) is 5.91 Å². The first-order valence-corrected chi connectivity index (χ1v) is 9.95. The van der Waals surface area contributed by atoms with Gasteiger partial charge in [0.25, 0.3) is 0 Å². The van der Waals surface area contributed by atoms with Crippen molar-refractivity contribution in [1.29, 1.82) is 0 Å². The molecule has 1 amide bonds. The van der Waals surface area contributed by atoms with E-state index in [0.717, 1.165) is 50.4 Å². The summed E-state index contributed by atoms with van der Waals surface area (Å²) < 4.78 is 2.29. The lowest BCUT2D eigenvalue weighted by atomic mass is 10.2. The number of rotatable bonds is 4. The number of carbonyl (C=O) groups is 1. The number of nitrogens with zero attached hydrogens (tertiary/aromatic N) is 4. The lowest BCUT2D eigenvalue weighted by Gasteiger charge is -2.24. The van der Waals surface area contributed by atoms with Gasteiger partial charge in [0.15, 0.2) is 5.82 Å². The Kier molecular flexibility index (Phi) is 4.65. The first-order chi connectivity index (χ1) is 11.8. The van der Waals surface area contributed by atoms with Crippen LogP contribution in [0.1, 0.15) is 61.1 Å². The molecule has 0 bridgehead atoms. The molecule has 0 aliphatic carbocycles. The highest BCUT2D eigenvalue weighted by molar-refractivity contribution is 7.09. The second-order valence-corrected chi connectivity index (χ2v) is 7.79. The summed E-state index contributed by atoms with van der Waals surface area (Å²) >= 11 is 1.73. The van der Waals surface area contributed by atoms with E-state index >= 15 is 0 Å². The number of hydrogen-bond donors (Lipinski definition) is 0. The monoisotopic (exact) mass is 344 g/mol. The van der Waals surface area contributed by atoms with Crippen LogP contribution in [0.2, 0.25) is 0 Å². The SMILES string of the molecule is O=C(CCc1cccs1)N1CCC[C@@H]1c1nnc2n1CCCCC2. The molecular formula is C18H24N4OS. The smallest absolute Gasteiger partial charge is 0.223 e. The molecule has 1 atom stereocenters. The molecule has 128 valence electrons. The van der Waals surface area contributed by atoms with Crippen molar-refractivity contribution in [3.63, 3.8) is 0 Å². The topological polar surface area (TPSA) is 51.0 Å². The second-order valence-electron chi connectivity index (χ2n) is 6.76. The van der Waals surface area contributed by atoms with Gasteiger partial charge in [0.05, 0.1) is 6.04 Å². The van der Waals surface area contributed by atoms with Crippen molar-refractivity contribution in [1.82, 2.24) is 19.7 Å². The summed E-state index contributed by atoms with van der Waals surface area (Å²) in [5, 5.41) is 11.0. The van der Waals surface area contributed by atoms with Gasteiger partial charge in [0, 0.05) is 30.8 Å². The molecule has 2 aliphatic rings. The van der Waals surface area contributed by atoms with Crippen molar-refractivity contribution in [3.8, 4) is 0 Å². The largest absolute Gasteiger partial charge is 0.332 e. The fraction of sp³-hybridized carbons (Fsp3) is 0.611. The number of likely N-dealkylation sites (tertiary alicyclic amines) is 1. The van der Waals surface area contributed by atoms with Crippen LogP contribution in [0.25, 0.3) is 0 Å². The Labute approximate surface area is 146 Å². The number of amides is 1. The van der Waals surface area contributed by atoms with Gasteiger partial charge in [0.1, 0.15) is 5.82 Å². The van der Waals surface area contributed by atoms with Gasteiger partial charge in [-0.15, -0.1) is 21.5 Å². The van der Waals surface area contributed by atoms with E-state index < -0.39 is 0 Å². The molecule has 0 radical (unpaired) electrons. The maximum Gasteiger partial charge on any atom is 0.223 e.